The molecule has 1 aliphatic carbocycles. The Balaban J connectivity index is 1.82. The fourth-order valence-electron chi connectivity index (χ4n) is 2.29. The lowest BCUT2D eigenvalue weighted by Gasteiger charge is -2.21. The summed E-state index contributed by atoms with van der Waals surface area (Å²) in [5.41, 5.74) is 0. The van der Waals surface area contributed by atoms with Gasteiger partial charge in [0.25, 0.3) is 0 Å². The van der Waals surface area contributed by atoms with Crippen LogP contribution in [0.3, 0.4) is 0 Å². The lowest BCUT2D eigenvalue weighted by Crippen LogP contribution is -2.47. The Morgan fingerprint density at radius 3 is 3.07 bits per heavy atom. The molecule has 0 aromatic carbocycles. The minimum Gasteiger partial charge on any atom is -0.396 e. The number of nitrogens with one attached hydrogen (secondary N) is 2. The number of carbonyl (C=O) groups is 1. The maximum absolute atomic E-state index is 11.8. The van der Waals surface area contributed by atoms with E-state index in [1.165, 1.54) is 0 Å². The maximum atomic E-state index is 11.8. The van der Waals surface area contributed by atoms with E-state index in [-0.39, 0.29) is 30.5 Å². The quantitative estimate of drug-likeness (QED) is 0.635. The molecule has 3 N–H and O–H groups in total. The van der Waals surface area contributed by atoms with E-state index in [0.717, 1.165) is 30.9 Å². The van der Waals surface area contributed by atoms with Crippen molar-refractivity contribution in [3.05, 3.63) is 0 Å². The van der Waals surface area contributed by atoms with Gasteiger partial charge < -0.3 is 10.4 Å². The first kappa shape index (κ1) is 11.2. The van der Waals surface area contributed by atoms with Crippen LogP contribution in [0.4, 0.5) is 0 Å². The van der Waals surface area contributed by atoms with E-state index in [9.17, 15) is 4.79 Å². The largest absolute Gasteiger partial charge is 0.396 e. The smallest absolute Gasteiger partial charge is 0.238 e. The molecule has 1 saturated heterocycles. The number of hydrogen-bond donors (Lipinski definition) is 3. The van der Waals surface area contributed by atoms with Crippen molar-refractivity contribution in [1.82, 2.24) is 10.6 Å². The lowest BCUT2D eigenvalue weighted by atomic mass is 10.0. The second kappa shape index (κ2) is 5.18. The first-order valence-corrected chi connectivity index (χ1v) is 6.69. The van der Waals surface area contributed by atoms with Crippen molar-refractivity contribution in [2.45, 2.75) is 31.3 Å². The zero-order valence-corrected chi connectivity index (χ0v) is 9.55. The molecule has 4 nitrogen and oxygen atoms in total. The Morgan fingerprint density at radius 1 is 1.53 bits per heavy atom. The SMILES string of the molecule is O=C(NC1CCCC1CO)C1CSCN1. The Bertz CT molecular complexity index is 231. The van der Waals surface area contributed by atoms with E-state index >= 15 is 0 Å². The number of carbonyl (C=O) groups excluding carboxylic acids is 1. The van der Waals surface area contributed by atoms with Crippen molar-refractivity contribution < 1.29 is 9.90 Å². The van der Waals surface area contributed by atoms with Gasteiger partial charge in [-0.25, -0.2) is 0 Å². The van der Waals surface area contributed by atoms with Gasteiger partial charge in [-0.3, -0.25) is 10.1 Å². The molecule has 1 heterocycles. The topological polar surface area (TPSA) is 61.4 Å². The fraction of sp³-hybridized carbons (Fsp3) is 0.900. The van der Waals surface area contributed by atoms with Crippen LogP contribution in [-0.4, -0.2) is 41.3 Å². The first-order valence-electron chi connectivity index (χ1n) is 5.53. The van der Waals surface area contributed by atoms with Crippen LogP contribution in [0, 0.1) is 5.92 Å². The Kier molecular flexibility index (Phi) is 3.88. The number of aliphatic hydroxyl groups excluding tert-OH is 1. The zero-order chi connectivity index (χ0) is 10.7. The van der Waals surface area contributed by atoms with Crippen molar-refractivity contribution in [2.75, 3.05) is 18.2 Å². The molecule has 3 atom stereocenters. The summed E-state index contributed by atoms with van der Waals surface area (Å²) in [6, 6.07) is 0.157. The molecule has 0 aromatic heterocycles. The molecule has 2 aliphatic rings. The van der Waals surface area contributed by atoms with Crippen LogP contribution in [0.2, 0.25) is 0 Å². The molecule has 3 unspecified atom stereocenters. The average Bonchev–Trinajstić information content (AvgIpc) is 2.87. The van der Waals surface area contributed by atoms with E-state index in [4.69, 9.17) is 5.11 Å². The van der Waals surface area contributed by atoms with Gasteiger partial charge in [-0.05, 0) is 12.8 Å². The highest BCUT2D eigenvalue weighted by molar-refractivity contribution is 7.99. The van der Waals surface area contributed by atoms with Crippen LogP contribution in [0.1, 0.15) is 19.3 Å². The van der Waals surface area contributed by atoms with E-state index in [2.05, 4.69) is 10.6 Å². The summed E-state index contributed by atoms with van der Waals surface area (Å²) in [4.78, 5) is 11.8. The maximum Gasteiger partial charge on any atom is 0.238 e. The summed E-state index contributed by atoms with van der Waals surface area (Å²) >= 11 is 1.75. The summed E-state index contributed by atoms with van der Waals surface area (Å²) in [7, 11) is 0. The highest BCUT2D eigenvalue weighted by atomic mass is 32.2. The van der Waals surface area contributed by atoms with Gasteiger partial charge >= 0.3 is 0 Å². The normalized spacial score (nSPS) is 35.7. The Morgan fingerprint density at radius 2 is 2.40 bits per heavy atom. The molecule has 1 aliphatic heterocycles. The third-order valence-corrected chi connectivity index (χ3v) is 4.19. The number of amides is 1. The van der Waals surface area contributed by atoms with Crippen LogP contribution in [0.15, 0.2) is 0 Å². The second-order valence-corrected chi connectivity index (χ2v) is 5.29. The Labute approximate surface area is 94.2 Å². The van der Waals surface area contributed by atoms with Crippen molar-refractivity contribution in [2.24, 2.45) is 5.92 Å². The number of rotatable bonds is 3. The predicted octanol–water partition coefficient (Wildman–Crippen LogP) is -0.0739. The molecule has 5 heteroatoms. The van der Waals surface area contributed by atoms with Crippen molar-refractivity contribution in [1.29, 1.82) is 0 Å². The first-order chi connectivity index (χ1) is 7.31. The fourth-order valence-corrected chi connectivity index (χ4v) is 3.23. The minimum atomic E-state index is -0.0325. The van der Waals surface area contributed by atoms with Crippen molar-refractivity contribution in [3.8, 4) is 0 Å². The molecule has 1 amide bonds. The average molecular weight is 230 g/mol. The second-order valence-electron chi connectivity index (χ2n) is 4.26. The number of aliphatic hydroxyl groups is 1. The van der Waals surface area contributed by atoms with Crippen LogP contribution >= 0.6 is 11.8 Å². The van der Waals surface area contributed by atoms with Gasteiger partial charge in [0.05, 0.1) is 6.04 Å². The van der Waals surface area contributed by atoms with Gasteiger partial charge in [-0.2, -0.15) is 0 Å². The van der Waals surface area contributed by atoms with Gasteiger partial charge in [0, 0.05) is 30.2 Å². The molecule has 2 fully saturated rings. The third kappa shape index (κ3) is 2.65. The van der Waals surface area contributed by atoms with Crippen LogP contribution in [0.25, 0.3) is 0 Å². The summed E-state index contributed by atoms with van der Waals surface area (Å²) in [6.07, 6.45) is 3.16. The predicted molar refractivity (Wildman–Crippen MR) is 60.6 cm³/mol. The monoisotopic (exact) mass is 230 g/mol. The van der Waals surface area contributed by atoms with Gasteiger partial charge in [0.2, 0.25) is 5.91 Å². The molecule has 1 saturated carbocycles. The van der Waals surface area contributed by atoms with Crippen molar-refractivity contribution in [3.63, 3.8) is 0 Å². The standard InChI is InChI=1S/C10H18N2O2S/c13-4-7-2-1-3-8(7)12-10(14)9-5-15-6-11-9/h7-9,11,13H,1-6H2,(H,12,14). The third-order valence-electron chi connectivity index (χ3n) is 3.25. The van der Waals surface area contributed by atoms with Crippen LogP contribution in [0.5, 0.6) is 0 Å². The number of hydrogen-bond acceptors (Lipinski definition) is 4. The summed E-state index contributed by atoms with van der Waals surface area (Å²) < 4.78 is 0. The van der Waals surface area contributed by atoms with E-state index < -0.39 is 0 Å². The Hall–Kier alpha value is -0.260. The summed E-state index contributed by atoms with van der Waals surface area (Å²) in [6.45, 7) is 0.192. The molecular weight excluding hydrogens is 212 g/mol. The van der Waals surface area contributed by atoms with Gasteiger partial charge in [0.1, 0.15) is 0 Å². The molecule has 0 radical (unpaired) electrons. The molecule has 86 valence electrons. The van der Waals surface area contributed by atoms with E-state index in [1.54, 1.807) is 11.8 Å². The lowest BCUT2D eigenvalue weighted by molar-refractivity contribution is -0.123. The highest BCUT2D eigenvalue weighted by Gasteiger charge is 2.30. The molecule has 0 bridgehead atoms. The molecule has 0 aromatic rings. The van der Waals surface area contributed by atoms with Gasteiger partial charge in [-0.1, -0.05) is 6.42 Å². The van der Waals surface area contributed by atoms with E-state index in [1.807, 2.05) is 0 Å². The van der Waals surface area contributed by atoms with Crippen molar-refractivity contribution >= 4 is 17.7 Å². The van der Waals surface area contributed by atoms with Crippen LogP contribution < -0.4 is 10.6 Å². The molecule has 0 spiro atoms. The van der Waals surface area contributed by atoms with E-state index in [0.29, 0.717) is 0 Å². The molecule has 2 rings (SSSR count). The van der Waals surface area contributed by atoms with Gasteiger partial charge in [-0.15, -0.1) is 11.8 Å². The molecular formula is C10H18N2O2S. The molecule has 15 heavy (non-hydrogen) atoms. The van der Waals surface area contributed by atoms with Gasteiger partial charge in [0.15, 0.2) is 0 Å². The zero-order valence-electron chi connectivity index (χ0n) is 8.74. The summed E-state index contributed by atoms with van der Waals surface area (Å²) in [5, 5.41) is 15.3. The highest BCUT2D eigenvalue weighted by Crippen LogP contribution is 2.25. The minimum absolute atomic E-state index is 0.0325. The number of thioether (sulfide) groups is 1. The summed E-state index contributed by atoms with van der Waals surface area (Å²) in [5.74, 6) is 2.10. The van der Waals surface area contributed by atoms with Crippen LogP contribution in [-0.2, 0) is 4.79 Å².